The van der Waals surface area contributed by atoms with Crippen LogP contribution >= 0.6 is 0 Å². The Morgan fingerprint density at radius 1 is 1.12 bits per heavy atom. The highest BCUT2D eigenvalue weighted by atomic mass is 16.5. The van der Waals surface area contributed by atoms with Crippen LogP contribution in [0, 0.1) is 34.5 Å². The maximum Gasteiger partial charge on any atom is 0.302 e. The molecule has 5 rings (SSSR count). The topological polar surface area (TPSA) is 69.0 Å². The van der Waals surface area contributed by atoms with E-state index >= 15 is 0 Å². The normalized spacial score (nSPS) is 35.0. The van der Waals surface area contributed by atoms with Gasteiger partial charge in [-0.2, -0.15) is 0 Å². The first-order valence-corrected chi connectivity index (χ1v) is 16.8. The SMILES string of the molecule is CC(=O)O[C@H]1CC[C@@]2(C)C(=CC[C@H]3[C@@H]4CC[C@H]([C@@H](C)NCc5cn(C/C=C(\C)CCC=C(C)C)nn5)[C@@]4(C)CC[C@@H]32)C1. The minimum Gasteiger partial charge on any atom is -0.462 e. The van der Waals surface area contributed by atoms with E-state index in [4.69, 9.17) is 4.74 Å². The highest BCUT2D eigenvalue weighted by Crippen LogP contribution is 2.66. The summed E-state index contributed by atoms with van der Waals surface area (Å²) in [5.74, 6) is 2.93. The molecule has 232 valence electrons. The lowest BCUT2D eigenvalue weighted by molar-refractivity contribution is -0.148. The van der Waals surface area contributed by atoms with E-state index in [0.717, 1.165) is 68.6 Å². The fourth-order valence-corrected chi connectivity index (χ4v) is 9.68. The summed E-state index contributed by atoms with van der Waals surface area (Å²) in [6.45, 7) is 17.2. The van der Waals surface area contributed by atoms with Crippen molar-refractivity contribution in [2.45, 2.75) is 138 Å². The second-order valence-corrected chi connectivity index (χ2v) is 14.9. The van der Waals surface area contributed by atoms with E-state index in [1.165, 1.54) is 43.3 Å². The molecule has 0 unspecified atom stereocenters. The molecule has 42 heavy (non-hydrogen) atoms. The Balaban J connectivity index is 1.16. The molecule has 0 aliphatic heterocycles. The summed E-state index contributed by atoms with van der Waals surface area (Å²) >= 11 is 0. The average molecular weight is 577 g/mol. The molecule has 1 aromatic heterocycles. The summed E-state index contributed by atoms with van der Waals surface area (Å²) in [4.78, 5) is 11.6. The van der Waals surface area contributed by atoms with E-state index in [2.05, 4.69) is 81.6 Å². The van der Waals surface area contributed by atoms with Gasteiger partial charge in [-0.25, -0.2) is 4.68 Å². The highest BCUT2D eigenvalue weighted by Gasteiger charge is 2.59. The lowest BCUT2D eigenvalue weighted by Crippen LogP contribution is -2.52. The molecule has 3 saturated carbocycles. The Morgan fingerprint density at radius 3 is 2.69 bits per heavy atom. The van der Waals surface area contributed by atoms with Crippen LogP contribution in [-0.2, 0) is 22.6 Å². The number of rotatable bonds is 10. The Kier molecular flexibility index (Phi) is 9.51. The van der Waals surface area contributed by atoms with Gasteiger partial charge >= 0.3 is 5.97 Å². The lowest BCUT2D eigenvalue weighted by Gasteiger charge is -2.58. The number of carbonyl (C=O) groups is 1. The van der Waals surface area contributed by atoms with Crippen molar-refractivity contribution in [1.82, 2.24) is 20.3 Å². The minimum absolute atomic E-state index is 0.0785. The van der Waals surface area contributed by atoms with Gasteiger partial charge in [0, 0.05) is 25.9 Å². The summed E-state index contributed by atoms with van der Waals surface area (Å²) in [5.41, 5.74) is 6.09. The molecule has 6 nitrogen and oxygen atoms in total. The number of allylic oxidation sites excluding steroid dienone is 5. The quantitative estimate of drug-likeness (QED) is 0.226. The Bertz CT molecular complexity index is 1210. The number of aromatic nitrogens is 3. The van der Waals surface area contributed by atoms with E-state index in [0.29, 0.717) is 17.4 Å². The van der Waals surface area contributed by atoms with Crippen LogP contribution < -0.4 is 5.32 Å². The molecule has 0 spiro atoms. The summed E-state index contributed by atoms with van der Waals surface area (Å²) in [5, 5.41) is 12.7. The van der Waals surface area contributed by atoms with Gasteiger partial charge in [-0.05, 0) is 120 Å². The van der Waals surface area contributed by atoms with Gasteiger partial charge in [-0.3, -0.25) is 4.79 Å². The third-order valence-electron chi connectivity index (χ3n) is 12.0. The predicted molar refractivity (Wildman–Crippen MR) is 169 cm³/mol. The number of hydrogen-bond acceptors (Lipinski definition) is 5. The zero-order chi connectivity index (χ0) is 30.1. The third-order valence-corrected chi connectivity index (χ3v) is 12.0. The number of hydrogen-bond donors (Lipinski definition) is 1. The second-order valence-electron chi connectivity index (χ2n) is 14.9. The second kappa shape index (κ2) is 12.8. The standard InChI is InChI=1S/C36H56N4O2/c1-24(2)9-8-10-25(3)17-20-40-23-29(38-39-40)22-37-26(4)32-13-14-33-31-12-11-28-21-30(42-27(5)41)15-18-35(28,6)34(31)16-19-36(32,33)7/h9,11,17,23,26,30-34,37H,8,10,12-16,18-22H2,1-7H3/b25-17+/t26-,30+,31+,32-,33+,34+,35+,36-/m1/s1. The van der Waals surface area contributed by atoms with Crippen molar-refractivity contribution >= 4 is 5.97 Å². The Hall–Kier alpha value is -2.21. The molecule has 8 atom stereocenters. The van der Waals surface area contributed by atoms with Crippen molar-refractivity contribution in [3.8, 4) is 0 Å². The molecule has 0 amide bonds. The molecular weight excluding hydrogens is 520 g/mol. The van der Waals surface area contributed by atoms with Crippen molar-refractivity contribution in [3.63, 3.8) is 0 Å². The first-order valence-electron chi connectivity index (χ1n) is 16.8. The van der Waals surface area contributed by atoms with Crippen LogP contribution in [0.2, 0.25) is 0 Å². The number of esters is 1. The lowest BCUT2D eigenvalue weighted by atomic mass is 9.47. The van der Waals surface area contributed by atoms with E-state index in [1.807, 2.05) is 4.68 Å². The molecule has 6 heteroatoms. The smallest absolute Gasteiger partial charge is 0.302 e. The predicted octanol–water partition coefficient (Wildman–Crippen LogP) is 7.96. The summed E-state index contributed by atoms with van der Waals surface area (Å²) in [6.07, 6.45) is 21.2. The largest absolute Gasteiger partial charge is 0.462 e. The monoisotopic (exact) mass is 576 g/mol. The molecule has 1 N–H and O–H groups in total. The van der Waals surface area contributed by atoms with E-state index in [1.54, 1.807) is 12.5 Å². The molecule has 0 aromatic carbocycles. The summed E-state index contributed by atoms with van der Waals surface area (Å²) in [6, 6.07) is 0.461. The first kappa shape index (κ1) is 31.2. The van der Waals surface area contributed by atoms with Gasteiger partial charge in [0.05, 0.1) is 18.4 Å². The summed E-state index contributed by atoms with van der Waals surface area (Å²) in [7, 11) is 0. The molecule has 1 heterocycles. The fourth-order valence-electron chi connectivity index (χ4n) is 9.68. The van der Waals surface area contributed by atoms with Crippen LogP contribution in [0.1, 0.15) is 118 Å². The zero-order valence-corrected chi connectivity index (χ0v) is 27.4. The highest BCUT2D eigenvalue weighted by molar-refractivity contribution is 5.66. The van der Waals surface area contributed by atoms with Crippen LogP contribution in [0.15, 0.2) is 41.1 Å². The van der Waals surface area contributed by atoms with Gasteiger partial charge in [0.2, 0.25) is 0 Å². The molecule has 0 bridgehead atoms. The number of nitrogens with zero attached hydrogens (tertiary/aromatic N) is 3. The van der Waals surface area contributed by atoms with E-state index in [9.17, 15) is 4.79 Å². The maximum absolute atomic E-state index is 11.6. The van der Waals surface area contributed by atoms with Gasteiger partial charge in [-0.1, -0.05) is 54.0 Å². The van der Waals surface area contributed by atoms with Crippen molar-refractivity contribution < 1.29 is 9.53 Å². The van der Waals surface area contributed by atoms with Crippen LogP contribution in [0.25, 0.3) is 0 Å². The zero-order valence-electron chi connectivity index (χ0n) is 27.4. The Labute approximate surface area is 254 Å². The molecule has 0 saturated heterocycles. The van der Waals surface area contributed by atoms with Crippen LogP contribution in [0.4, 0.5) is 0 Å². The van der Waals surface area contributed by atoms with Gasteiger partial charge in [-0.15, -0.1) is 5.10 Å². The average Bonchev–Trinajstić information content (AvgIpc) is 3.54. The van der Waals surface area contributed by atoms with Crippen molar-refractivity contribution in [3.05, 3.63) is 46.8 Å². The molecule has 3 fully saturated rings. The third kappa shape index (κ3) is 6.49. The molecule has 4 aliphatic rings. The number of fused-ring (bicyclic) bond motifs is 5. The van der Waals surface area contributed by atoms with Gasteiger partial charge < -0.3 is 10.1 Å². The Morgan fingerprint density at radius 2 is 1.93 bits per heavy atom. The van der Waals surface area contributed by atoms with Crippen molar-refractivity contribution in [2.75, 3.05) is 0 Å². The molecule has 0 radical (unpaired) electrons. The van der Waals surface area contributed by atoms with Crippen molar-refractivity contribution in [2.24, 2.45) is 34.5 Å². The van der Waals surface area contributed by atoms with E-state index in [-0.39, 0.29) is 17.5 Å². The summed E-state index contributed by atoms with van der Waals surface area (Å²) < 4.78 is 7.61. The van der Waals surface area contributed by atoms with Gasteiger partial charge in [0.15, 0.2) is 0 Å². The molecule has 1 aromatic rings. The van der Waals surface area contributed by atoms with Gasteiger partial charge in [0.25, 0.3) is 0 Å². The fraction of sp³-hybridized carbons (Fsp3) is 0.750. The number of nitrogens with one attached hydrogen (secondary N) is 1. The minimum atomic E-state index is -0.135. The van der Waals surface area contributed by atoms with Crippen LogP contribution in [0.5, 0.6) is 0 Å². The van der Waals surface area contributed by atoms with E-state index < -0.39 is 0 Å². The number of carbonyl (C=O) groups excluding carboxylic acids is 1. The number of ether oxygens (including phenoxy) is 1. The van der Waals surface area contributed by atoms with Crippen LogP contribution in [0.3, 0.4) is 0 Å². The maximum atomic E-state index is 11.6. The van der Waals surface area contributed by atoms with Crippen LogP contribution in [-0.4, -0.2) is 33.1 Å². The molecular formula is C36H56N4O2. The molecule has 4 aliphatic carbocycles. The first-order chi connectivity index (χ1) is 20.0. The van der Waals surface area contributed by atoms with Crippen molar-refractivity contribution in [1.29, 1.82) is 0 Å². The van der Waals surface area contributed by atoms with Gasteiger partial charge in [0.1, 0.15) is 6.10 Å².